The van der Waals surface area contributed by atoms with Crippen LogP contribution in [0.1, 0.15) is 42.5 Å². The smallest absolute Gasteiger partial charge is 0.275 e. The van der Waals surface area contributed by atoms with Gasteiger partial charge in [-0.2, -0.15) is 4.31 Å². The molecular weight excluding hydrogens is 362 g/mol. The van der Waals surface area contributed by atoms with Crippen LogP contribution in [0.25, 0.3) is 0 Å². The Bertz CT molecular complexity index is 771. The summed E-state index contributed by atoms with van der Waals surface area (Å²) in [5, 5.41) is 2.98. The average Bonchev–Trinajstić information content (AvgIpc) is 2.60. The number of sulfonamides is 1. The van der Waals surface area contributed by atoms with Crippen LogP contribution in [-0.2, 0) is 14.8 Å². The molecule has 1 aromatic rings. The Balaban J connectivity index is 2.09. The Hall–Kier alpha value is -1.44. The van der Waals surface area contributed by atoms with Gasteiger partial charge in [0.15, 0.2) is 6.54 Å². The number of nitrogens with zero attached hydrogens (tertiary/aromatic N) is 1. The first kappa shape index (κ1) is 21.9. The molecule has 7 heteroatoms. The summed E-state index contributed by atoms with van der Waals surface area (Å²) in [6.45, 7) is 14.3. The van der Waals surface area contributed by atoms with E-state index in [4.69, 9.17) is 0 Å². The van der Waals surface area contributed by atoms with Gasteiger partial charge in [0.1, 0.15) is 0 Å². The van der Waals surface area contributed by atoms with Gasteiger partial charge in [0, 0.05) is 6.04 Å². The molecule has 0 aromatic heterocycles. The largest absolute Gasteiger partial charge is 0.349 e. The SMILES string of the molecule is CC[C@@H](C)NC(=O)C[NH+]1CCN(S(=O)(=O)c2c(C)c(C)cc(C)c2C)CC1. The van der Waals surface area contributed by atoms with Crippen LogP contribution in [0.2, 0.25) is 0 Å². The second kappa shape index (κ2) is 8.71. The number of hydrogen-bond donors (Lipinski definition) is 2. The predicted molar refractivity (Wildman–Crippen MR) is 108 cm³/mol. The van der Waals surface area contributed by atoms with Gasteiger partial charge < -0.3 is 10.2 Å². The molecule has 0 unspecified atom stereocenters. The van der Waals surface area contributed by atoms with Crippen molar-refractivity contribution in [2.75, 3.05) is 32.7 Å². The van der Waals surface area contributed by atoms with Gasteiger partial charge in [-0.15, -0.1) is 0 Å². The molecule has 1 aromatic carbocycles. The Morgan fingerprint density at radius 3 is 2.15 bits per heavy atom. The molecule has 1 aliphatic heterocycles. The van der Waals surface area contributed by atoms with E-state index < -0.39 is 10.0 Å². The Morgan fingerprint density at radius 2 is 1.67 bits per heavy atom. The summed E-state index contributed by atoms with van der Waals surface area (Å²) < 4.78 is 28.1. The molecule has 0 bridgehead atoms. The first-order valence-corrected chi connectivity index (χ1v) is 11.2. The van der Waals surface area contributed by atoms with E-state index in [1.54, 1.807) is 4.31 Å². The Morgan fingerprint density at radius 1 is 1.15 bits per heavy atom. The van der Waals surface area contributed by atoms with E-state index >= 15 is 0 Å². The van der Waals surface area contributed by atoms with Crippen LogP contribution in [0.3, 0.4) is 0 Å². The second-order valence-electron chi connectivity index (χ2n) is 7.80. The molecule has 6 nitrogen and oxygen atoms in total. The average molecular weight is 397 g/mol. The van der Waals surface area contributed by atoms with Crippen molar-refractivity contribution in [2.24, 2.45) is 0 Å². The monoisotopic (exact) mass is 396 g/mol. The number of quaternary nitrogens is 1. The lowest BCUT2D eigenvalue weighted by Gasteiger charge is -2.32. The quantitative estimate of drug-likeness (QED) is 0.745. The molecule has 0 radical (unpaired) electrons. The second-order valence-corrected chi connectivity index (χ2v) is 9.67. The van der Waals surface area contributed by atoms with E-state index in [-0.39, 0.29) is 11.9 Å². The van der Waals surface area contributed by atoms with Crippen molar-refractivity contribution in [3.63, 3.8) is 0 Å². The zero-order chi connectivity index (χ0) is 20.4. The minimum absolute atomic E-state index is 0.0386. The number of piperazine rings is 1. The maximum atomic E-state index is 13.3. The van der Waals surface area contributed by atoms with E-state index in [0.29, 0.717) is 37.6 Å². The minimum Gasteiger partial charge on any atom is -0.349 e. The van der Waals surface area contributed by atoms with Crippen LogP contribution in [-0.4, -0.2) is 57.4 Å². The van der Waals surface area contributed by atoms with Crippen molar-refractivity contribution in [1.82, 2.24) is 9.62 Å². The molecule has 152 valence electrons. The van der Waals surface area contributed by atoms with E-state index in [1.807, 2.05) is 47.6 Å². The molecule has 1 heterocycles. The number of rotatable bonds is 6. The third-order valence-electron chi connectivity index (χ3n) is 5.75. The van der Waals surface area contributed by atoms with Gasteiger partial charge in [0.05, 0.1) is 31.1 Å². The summed E-state index contributed by atoms with van der Waals surface area (Å²) in [6, 6.07) is 2.22. The van der Waals surface area contributed by atoms with Crippen LogP contribution < -0.4 is 10.2 Å². The molecule has 1 saturated heterocycles. The van der Waals surface area contributed by atoms with Gasteiger partial charge >= 0.3 is 0 Å². The number of aryl methyl sites for hydroxylation is 2. The highest BCUT2D eigenvalue weighted by molar-refractivity contribution is 7.89. The standard InChI is InChI=1S/C20H33N3O3S/c1-7-16(4)21-19(24)13-22-8-10-23(11-9-22)27(25,26)20-17(5)14(2)12-15(3)18(20)6/h12,16H,7-11,13H2,1-6H3,(H,21,24)/p+1/t16-/m1/s1. The number of carbonyl (C=O) groups excluding carboxylic acids is 1. The van der Waals surface area contributed by atoms with Gasteiger partial charge in [0.25, 0.3) is 5.91 Å². The van der Waals surface area contributed by atoms with Crippen molar-refractivity contribution in [2.45, 2.75) is 58.9 Å². The van der Waals surface area contributed by atoms with Crippen molar-refractivity contribution in [3.8, 4) is 0 Å². The number of nitrogens with one attached hydrogen (secondary N) is 2. The third kappa shape index (κ3) is 4.89. The van der Waals surface area contributed by atoms with E-state index in [1.165, 1.54) is 0 Å². The van der Waals surface area contributed by atoms with Crippen LogP contribution in [0.5, 0.6) is 0 Å². The van der Waals surface area contributed by atoms with Crippen LogP contribution in [0.4, 0.5) is 0 Å². The number of amides is 1. The molecular formula is C20H34N3O3S+. The fourth-order valence-corrected chi connectivity index (χ4v) is 5.59. The third-order valence-corrected chi connectivity index (χ3v) is 7.93. The molecule has 1 atom stereocenters. The molecule has 2 N–H and O–H groups in total. The molecule has 1 amide bonds. The van der Waals surface area contributed by atoms with Crippen molar-refractivity contribution in [3.05, 3.63) is 28.3 Å². The highest BCUT2D eigenvalue weighted by Gasteiger charge is 2.33. The normalized spacial score (nSPS) is 17.7. The summed E-state index contributed by atoms with van der Waals surface area (Å²) in [6.07, 6.45) is 0.904. The van der Waals surface area contributed by atoms with Crippen LogP contribution in [0.15, 0.2) is 11.0 Å². The summed E-state index contributed by atoms with van der Waals surface area (Å²) in [5.74, 6) is 0.0386. The molecule has 27 heavy (non-hydrogen) atoms. The van der Waals surface area contributed by atoms with E-state index in [9.17, 15) is 13.2 Å². The fourth-order valence-electron chi connectivity index (χ4n) is 3.57. The van der Waals surface area contributed by atoms with Crippen LogP contribution in [0, 0.1) is 27.7 Å². The lowest BCUT2D eigenvalue weighted by atomic mass is 10.0. The first-order valence-electron chi connectivity index (χ1n) is 9.78. The summed E-state index contributed by atoms with van der Waals surface area (Å²) in [5.41, 5.74) is 3.67. The van der Waals surface area contributed by atoms with Gasteiger partial charge in [-0.05, 0) is 63.3 Å². The minimum atomic E-state index is -3.52. The number of benzene rings is 1. The molecule has 0 saturated carbocycles. The van der Waals surface area contributed by atoms with Gasteiger partial charge in [-0.1, -0.05) is 13.0 Å². The van der Waals surface area contributed by atoms with E-state index in [0.717, 1.165) is 33.6 Å². The lowest BCUT2D eigenvalue weighted by Crippen LogP contribution is -3.15. The molecule has 1 aliphatic rings. The number of carbonyl (C=O) groups is 1. The zero-order valence-electron chi connectivity index (χ0n) is 17.5. The maximum Gasteiger partial charge on any atom is 0.275 e. The summed E-state index contributed by atoms with van der Waals surface area (Å²) >= 11 is 0. The highest BCUT2D eigenvalue weighted by atomic mass is 32.2. The number of hydrogen-bond acceptors (Lipinski definition) is 3. The maximum absolute atomic E-state index is 13.3. The Kier molecular flexibility index (Phi) is 7.05. The van der Waals surface area contributed by atoms with Crippen molar-refractivity contribution in [1.29, 1.82) is 0 Å². The first-order chi connectivity index (χ1) is 12.6. The molecule has 2 rings (SSSR count). The van der Waals surface area contributed by atoms with Gasteiger partial charge in [0.2, 0.25) is 10.0 Å². The predicted octanol–water partition coefficient (Wildman–Crippen LogP) is 0.724. The Labute approximate surface area is 164 Å². The topological polar surface area (TPSA) is 70.9 Å². The van der Waals surface area contributed by atoms with Crippen LogP contribution >= 0.6 is 0 Å². The van der Waals surface area contributed by atoms with Gasteiger partial charge in [-0.25, -0.2) is 8.42 Å². The summed E-state index contributed by atoms with van der Waals surface area (Å²) in [7, 11) is -3.52. The van der Waals surface area contributed by atoms with Gasteiger partial charge in [-0.3, -0.25) is 4.79 Å². The van der Waals surface area contributed by atoms with Crippen molar-refractivity contribution < 1.29 is 18.1 Å². The highest BCUT2D eigenvalue weighted by Crippen LogP contribution is 2.28. The lowest BCUT2D eigenvalue weighted by molar-refractivity contribution is -0.895. The van der Waals surface area contributed by atoms with Crippen molar-refractivity contribution >= 4 is 15.9 Å². The molecule has 0 spiro atoms. The molecule has 1 fully saturated rings. The van der Waals surface area contributed by atoms with E-state index in [2.05, 4.69) is 5.32 Å². The zero-order valence-corrected chi connectivity index (χ0v) is 18.3. The summed E-state index contributed by atoms with van der Waals surface area (Å²) in [4.78, 5) is 13.7. The fraction of sp³-hybridized carbons (Fsp3) is 0.650. The molecule has 0 aliphatic carbocycles.